The molecule has 0 spiro atoms. The van der Waals surface area contributed by atoms with Gasteiger partial charge in [-0.05, 0) is 12.2 Å². The number of rotatable bonds is 5. The molecule has 82 valence electrons. The third-order valence-corrected chi connectivity index (χ3v) is 3.43. The van der Waals surface area contributed by atoms with Crippen LogP contribution in [0.4, 0.5) is 0 Å². The molecule has 1 saturated heterocycles. The molecule has 0 saturated carbocycles. The van der Waals surface area contributed by atoms with Gasteiger partial charge in [0.15, 0.2) is 6.29 Å². The van der Waals surface area contributed by atoms with E-state index in [4.69, 9.17) is 9.47 Å². The molecular formula is C9H17NO3S. The summed E-state index contributed by atoms with van der Waals surface area (Å²) >= 11 is 1.83. The fraction of sp³-hybridized carbons (Fsp3) is 0.889. The second-order valence-electron chi connectivity index (χ2n) is 3.21. The summed E-state index contributed by atoms with van der Waals surface area (Å²) in [5, 5.41) is 2.82. The van der Waals surface area contributed by atoms with Crippen molar-refractivity contribution < 1.29 is 14.3 Å². The molecule has 1 atom stereocenters. The Bertz CT molecular complexity index is 179. The van der Waals surface area contributed by atoms with Crippen LogP contribution >= 0.6 is 11.8 Å². The fourth-order valence-electron chi connectivity index (χ4n) is 1.33. The number of thioether (sulfide) groups is 1. The summed E-state index contributed by atoms with van der Waals surface area (Å²) in [4.78, 5) is 11.5. The van der Waals surface area contributed by atoms with Crippen molar-refractivity contribution in [2.24, 2.45) is 5.92 Å². The molecule has 1 aliphatic rings. The normalized spacial score (nSPS) is 21.5. The van der Waals surface area contributed by atoms with Gasteiger partial charge in [-0.25, -0.2) is 0 Å². The standard InChI is InChI=1S/C9H17NO3S/c1-12-8(13-2)5-10-9(11)7-3-4-14-6-7/h7-8H,3-6H2,1-2H3,(H,10,11). The number of carbonyl (C=O) groups excluding carboxylic acids is 1. The van der Waals surface area contributed by atoms with Crippen molar-refractivity contribution >= 4 is 17.7 Å². The van der Waals surface area contributed by atoms with Crippen molar-refractivity contribution in [3.8, 4) is 0 Å². The maximum absolute atomic E-state index is 11.5. The Morgan fingerprint density at radius 2 is 2.29 bits per heavy atom. The number of nitrogens with one attached hydrogen (secondary N) is 1. The monoisotopic (exact) mass is 219 g/mol. The number of carbonyl (C=O) groups is 1. The molecule has 4 nitrogen and oxygen atoms in total. The molecule has 1 amide bonds. The zero-order valence-corrected chi connectivity index (χ0v) is 9.43. The third-order valence-electron chi connectivity index (χ3n) is 2.27. The Kier molecular flexibility index (Phi) is 5.29. The van der Waals surface area contributed by atoms with Crippen molar-refractivity contribution in [1.82, 2.24) is 5.32 Å². The molecule has 0 aromatic carbocycles. The summed E-state index contributed by atoms with van der Waals surface area (Å²) in [5.41, 5.74) is 0. The van der Waals surface area contributed by atoms with Gasteiger partial charge in [0.1, 0.15) is 0 Å². The van der Waals surface area contributed by atoms with Crippen LogP contribution < -0.4 is 5.32 Å². The van der Waals surface area contributed by atoms with Crippen molar-refractivity contribution in [1.29, 1.82) is 0 Å². The first-order valence-corrected chi connectivity index (χ1v) is 5.84. The van der Waals surface area contributed by atoms with Crippen LogP contribution in [-0.2, 0) is 14.3 Å². The molecule has 1 N–H and O–H groups in total. The minimum atomic E-state index is -0.340. The molecule has 0 bridgehead atoms. The number of amides is 1. The van der Waals surface area contributed by atoms with Gasteiger partial charge in [-0.3, -0.25) is 4.79 Å². The minimum Gasteiger partial charge on any atom is -0.354 e. The van der Waals surface area contributed by atoms with Gasteiger partial charge in [0.05, 0.1) is 6.54 Å². The molecular weight excluding hydrogens is 202 g/mol. The quantitative estimate of drug-likeness (QED) is 0.683. The summed E-state index contributed by atoms with van der Waals surface area (Å²) in [6.07, 6.45) is 0.647. The van der Waals surface area contributed by atoms with E-state index in [0.29, 0.717) is 6.54 Å². The first-order chi connectivity index (χ1) is 6.77. The van der Waals surface area contributed by atoms with E-state index < -0.39 is 0 Å². The van der Waals surface area contributed by atoms with Crippen LogP contribution in [0, 0.1) is 5.92 Å². The van der Waals surface area contributed by atoms with E-state index in [9.17, 15) is 4.79 Å². The second kappa shape index (κ2) is 6.27. The Morgan fingerprint density at radius 1 is 1.57 bits per heavy atom. The maximum Gasteiger partial charge on any atom is 0.224 e. The molecule has 1 fully saturated rings. The van der Waals surface area contributed by atoms with Crippen LogP contribution in [0.1, 0.15) is 6.42 Å². The number of ether oxygens (including phenoxy) is 2. The van der Waals surface area contributed by atoms with E-state index in [1.54, 1.807) is 14.2 Å². The largest absolute Gasteiger partial charge is 0.354 e. The van der Waals surface area contributed by atoms with Crippen LogP contribution in [-0.4, -0.2) is 44.5 Å². The number of hydrogen-bond donors (Lipinski definition) is 1. The van der Waals surface area contributed by atoms with Gasteiger partial charge >= 0.3 is 0 Å². The Balaban J connectivity index is 2.19. The van der Waals surface area contributed by atoms with Crippen molar-refractivity contribution in [2.45, 2.75) is 12.7 Å². The summed E-state index contributed by atoms with van der Waals surface area (Å²) in [6, 6.07) is 0. The van der Waals surface area contributed by atoms with E-state index in [1.807, 2.05) is 11.8 Å². The minimum absolute atomic E-state index is 0.120. The topological polar surface area (TPSA) is 47.6 Å². The van der Waals surface area contributed by atoms with Gasteiger partial charge in [-0.2, -0.15) is 11.8 Å². The number of methoxy groups -OCH3 is 2. The van der Waals surface area contributed by atoms with E-state index in [0.717, 1.165) is 17.9 Å². The molecule has 1 rings (SSSR count). The van der Waals surface area contributed by atoms with Gasteiger partial charge < -0.3 is 14.8 Å². The van der Waals surface area contributed by atoms with Crippen LogP contribution in [0.3, 0.4) is 0 Å². The van der Waals surface area contributed by atoms with Crippen molar-refractivity contribution in [3.63, 3.8) is 0 Å². The zero-order chi connectivity index (χ0) is 10.4. The van der Waals surface area contributed by atoms with Crippen LogP contribution in [0.15, 0.2) is 0 Å². The van der Waals surface area contributed by atoms with Crippen LogP contribution in [0.5, 0.6) is 0 Å². The summed E-state index contributed by atoms with van der Waals surface area (Å²) in [6.45, 7) is 0.424. The summed E-state index contributed by atoms with van der Waals surface area (Å²) in [7, 11) is 3.12. The summed E-state index contributed by atoms with van der Waals surface area (Å²) < 4.78 is 9.94. The van der Waals surface area contributed by atoms with Gasteiger partial charge in [-0.1, -0.05) is 0 Å². The van der Waals surface area contributed by atoms with Crippen LogP contribution in [0.2, 0.25) is 0 Å². The highest BCUT2D eigenvalue weighted by molar-refractivity contribution is 7.99. The molecule has 1 aliphatic heterocycles. The first kappa shape index (κ1) is 11.8. The maximum atomic E-state index is 11.5. The average Bonchev–Trinajstić information content (AvgIpc) is 2.72. The highest BCUT2D eigenvalue weighted by atomic mass is 32.2. The third kappa shape index (κ3) is 3.48. The SMILES string of the molecule is COC(CNC(=O)C1CCSC1)OC. The molecule has 1 unspecified atom stereocenters. The van der Waals surface area contributed by atoms with E-state index in [2.05, 4.69) is 5.32 Å². The second-order valence-corrected chi connectivity index (χ2v) is 4.36. The van der Waals surface area contributed by atoms with E-state index >= 15 is 0 Å². The van der Waals surface area contributed by atoms with Crippen molar-refractivity contribution in [2.75, 3.05) is 32.3 Å². The van der Waals surface area contributed by atoms with Gasteiger partial charge in [0, 0.05) is 25.9 Å². The lowest BCUT2D eigenvalue weighted by Crippen LogP contribution is -2.37. The predicted octanol–water partition coefficient (Wildman–Crippen LogP) is 0.475. The lowest BCUT2D eigenvalue weighted by atomic mass is 10.1. The lowest BCUT2D eigenvalue weighted by Gasteiger charge is -2.15. The van der Waals surface area contributed by atoms with E-state index in [1.165, 1.54) is 0 Å². The Morgan fingerprint density at radius 3 is 2.79 bits per heavy atom. The molecule has 0 aromatic rings. The highest BCUT2D eigenvalue weighted by Gasteiger charge is 2.23. The smallest absolute Gasteiger partial charge is 0.224 e. The molecule has 0 aromatic heterocycles. The predicted molar refractivity (Wildman–Crippen MR) is 56.2 cm³/mol. The highest BCUT2D eigenvalue weighted by Crippen LogP contribution is 2.23. The lowest BCUT2D eigenvalue weighted by molar-refractivity contribution is -0.130. The molecule has 1 heterocycles. The zero-order valence-electron chi connectivity index (χ0n) is 8.62. The first-order valence-electron chi connectivity index (χ1n) is 4.69. The van der Waals surface area contributed by atoms with Crippen LogP contribution in [0.25, 0.3) is 0 Å². The Hall–Kier alpha value is -0.260. The van der Waals surface area contributed by atoms with Crippen molar-refractivity contribution in [3.05, 3.63) is 0 Å². The van der Waals surface area contributed by atoms with Gasteiger partial charge in [-0.15, -0.1) is 0 Å². The number of hydrogen-bond acceptors (Lipinski definition) is 4. The van der Waals surface area contributed by atoms with E-state index in [-0.39, 0.29) is 18.1 Å². The van der Waals surface area contributed by atoms with Gasteiger partial charge in [0.25, 0.3) is 0 Å². The Labute approximate surface area is 88.7 Å². The molecule has 5 heteroatoms. The molecule has 0 radical (unpaired) electrons. The fourth-order valence-corrected chi connectivity index (χ4v) is 2.55. The summed E-state index contributed by atoms with van der Waals surface area (Å²) in [5.74, 6) is 2.33. The molecule has 0 aliphatic carbocycles. The molecule has 14 heavy (non-hydrogen) atoms. The van der Waals surface area contributed by atoms with Gasteiger partial charge in [0.2, 0.25) is 5.91 Å². The average molecular weight is 219 g/mol.